The van der Waals surface area contributed by atoms with Gasteiger partial charge in [0.25, 0.3) is 0 Å². The third kappa shape index (κ3) is 1.94. The molecule has 1 saturated heterocycles. The normalized spacial score (nSPS) is 37.8. The Hall–Kier alpha value is -1.60. The summed E-state index contributed by atoms with van der Waals surface area (Å²) in [5.74, 6) is 1.65. The van der Waals surface area contributed by atoms with E-state index >= 15 is 0 Å². The standard InChI is InChI=1S/C19H22O6/c1-8-13-16(17-11(23-8)7-12(22-4)24-17)19-15-10(21-3)6-5-9(20-2)14(15)18(13)25-19/h5-6,8,11-12,17-19H,7H2,1-4H3/t8-,11+,12-,17-,18?,19?/m1/s1. The second-order valence-corrected chi connectivity index (χ2v) is 6.88. The minimum Gasteiger partial charge on any atom is -0.496 e. The third-order valence-corrected chi connectivity index (χ3v) is 5.79. The van der Waals surface area contributed by atoms with E-state index < -0.39 is 0 Å². The van der Waals surface area contributed by atoms with Crippen LogP contribution in [0.4, 0.5) is 0 Å². The Kier molecular flexibility index (Phi) is 3.41. The molecule has 0 N–H and O–H groups in total. The molecule has 6 heteroatoms. The first-order valence-corrected chi connectivity index (χ1v) is 8.65. The Morgan fingerprint density at radius 3 is 2.12 bits per heavy atom. The van der Waals surface area contributed by atoms with E-state index in [-0.39, 0.29) is 36.8 Å². The first kappa shape index (κ1) is 15.6. The lowest BCUT2D eigenvalue weighted by atomic mass is 9.78. The van der Waals surface area contributed by atoms with Crippen molar-refractivity contribution in [3.63, 3.8) is 0 Å². The Bertz CT molecular complexity index is 757. The number of fused-ring (bicyclic) bond motifs is 9. The van der Waals surface area contributed by atoms with Gasteiger partial charge < -0.3 is 28.4 Å². The molecular formula is C19H22O6. The van der Waals surface area contributed by atoms with Crippen molar-refractivity contribution in [1.29, 1.82) is 0 Å². The lowest BCUT2D eigenvalue weighted by Gasteiger charge is -2.36. The van der Waals surface area contributed by atoms with Crippen LogP contribution in [0.1, 0.15) is 36.7 Å². The van der Waals surface area contributed by atoms with Crippen LogP contribution < -0.4 is 9.47 Å². The molecule has 1 aromatic carbocycles. The van der Waals surface area contributed by atoms with Crippen LogP contribution in [0.15, 0.2) is 23.3 Å². The zero-order chi connectivity index (χ0) is 17.3. The Balaban J connectivity index is 1.65. The molecule has 0 aliphatic carbocycles. The summed E-state index contributed by atoms with van der Waals surface area (Å²) in [6.45, 7) is 2.09. The molecule has 2 bridgehead atoms. The van der Waals surface area contributed by atoms with Crippen LogP contribution in [0.5, 0.6) is 11.5 Å². The summed E-state index contributed by atoms with van der Waals surface area (Å²) < 4.78 is 35.4. The summed E-state index contributed by atoms with van der Waals surface area (Å²) in [6, 6.07) is 3.88. The molecule has 4 aliphatic rings. The van der Waals surface area contributed by atoms with Gasteiger partial charge >= 0.3 is 0 Å². The predicted molar refractivity (Wildman–Crippen MR) is 87.8 cm³/mol. The van der Waals surface area contributed by atoms with Crippen LogP contribution in [0.2, 0.25) is 0 Å². The van der Waals surface area contributed by atoms with Crippen molar-refractivity contribution in [3.8, 4) is 11.5 Å². The van der Waals surface area contributed by atoms with Crippen molar-refractivity contribution in [3.05, 3.63) is 34.4 Å². The molecule has 1 aromatic rings. The molecule has 5 rings (SSSR count). The van der Waals surface area contributed by atoms with E-state index in [9.17, 15) is 0 Å². The van der Waals surface area contributed by atoms with E-state index in [4.69, 9.17) is 28.4 Å². The number of hydrogen-bond donors (Lipinski definition) is 0. The fraction of sp³-hybridized carbons (Fsp3) is 0.579. The molecule has 25 heavy (non-hydrogen) atoms. The van der Waals surface area contributed by atoms with E-state index in [0.717, 1.165) is 29.0 Å². The minimum atomic E-state index is -0.236. The van der Waals surface area contributed by atoms with Gasteiger partial charge in [0.2, 0.25) is 0 Å². The highest BCUT2D eigenvalue weighted by atomic mass is 16.7. The molecule has 0 spiro atoms. The van der Waals surface area contributed by atoms with E-state index in [0.29, 0.717) is 0 Å². The summed E-state index contributed by atoms with van der Waals surface area (Å²) in [5, 5.41) is 0. The first-order valence-electron chi connectivity index (χ1n) is 8.65. The maximum atomic E-state index is 6.39. The topological polar surface area (TPSA) is 55.4 Å². The molecule has 1 fully saturated rings. The van der Waals surface area contributed by atoms with E-state index in [1.165, 1.54) is 11.1 Å². The Labute approximate surface area is 146 Å². The zero-order valence-electron chi connectivity index (χ0n) is 14.8. The van der Waals surface area contributed by atoms with Gasteiger partial charge in [-0.15, -0.1) is 0 Å². The minimum absolute atomic E-state index is 0.00158. The zero-order valence-corrected chi connectivity index (χ0v) is 14.8. The average Bonchev–Trinajstić information content (AvgIpc) is 3.31. The fourth-order valence-corrected chi connectivity index (χ4v) is 4.79. The lowest BCUT2D eigenvalue weighted by Crippen LogP contribution is -2.39. The molecule has 4 heterocycles. The number of rotatable bonds is 3. The summed E-state index contributed by atoms with van der Waals surface area (Å²) in [6.07, 6.45) is 0.0175. The fourth-order valence-electron chi connectivity index (χ4n) is 4.79. The number of ether oxygens (including phenoxy) is 6. The SMILES string of the molecule is COc1ccc(OC)c2c1C1OC2C2=C1[C@@H](C)O[C@H]1C[C@H](OC)O[C@@H]21. The molecular weight excluding hydrogens is 324 g/mol. The van der Waals surface area contributed by atoms with Crippen molar-refractivity contribution in [2.24, 2.45) is 0 Å². The molecule has 0 radical (unpaired) electrons. The smallest absolute Gasteiger partial charge is 0.160 e. The van der Waals surface area contributed by atoms with Gasteiger partial charge in [-0.25, -0.2) is 0 Å². The van der Waals surface area contributed by atoms with Gasteiger partial charge in [0.05, 0.1) is 26.4 Å². The summed E-state index contributed by atoms with van der Waals surface area (Å²) in [4.78, 5) is 0. The van der Waals surface area contributed by atoms with Crippen LogP contribution in [0.3, 0.4) is 0 Å². The van der Waals surface area contributed by atoms with E-state index in [1.54, 1.807) is 21.3 Å². The Morgan fingerprint density at radius 1 is 0.880 bits per heavy atom. The number of hydrogen-bond acceptors (Lipinski definition) is 6. The molecule has 0 aromatic heterocycles. The van der Waals surface area contributed by atoms with Gasteiger partial charge in [0.1, 0.15) is 29.8 Å². The predicted octanol–water partition coefficient (Wildman–Crippen LogP) is 2.68. The highest BCUT2D eigenvalue weighted by Gasteiger charge is 2.57. The third-order valence-electron chi connectivity index (χ3n) is 5.79. The van der Waals surface area contributed by atoms with Crippen LogP contribution in [-0.4, -0.2) is 45.9 Å². The molecule has 6 nitrogen and oxygen atoms in total. The van der Waals surface area contributed by atoms with Crippen LogP contribution in [-0.2, 0) is 18.9 Å². The summed E-state index contributed by atoms with van der Waals surface area (Å²) in [7, 11) is 5.04. The van der Waals surface area contributed by atoms with Gasteiger partial charge in [0.15, 0.2) is 6.29 Å². The molecule has 0 amide bonds. The van der Waals surface area contributed by atoms with Crippen molar-refractivity contribution >= 4 is 0 Å². The highest BCUT2D eigenvalue weighted by Crippen LogP contribution is 2.63. The van der Waals surface area contributed by atoms with Crippen molar-refractivity contribution < 1.29 is 28.4 Å². The maximum Gasteiger partial charge on any atom is 0.160 e. The van der Waals surface area contributed by atoms with Gasteiger partial charge in [-0.2, -0.15) is 0 Å². The largest absolute Gasteiger partial charge is 0.496 e. The van der Waals surface area contributed by atoms with Gasteiger partial charge in [-0.3, -0.25) is 0 Å². The van der Waals surface area contributed by atoms with Gasteiger partial charge in [-0.05, 0) is 30.2 Å². The second-order valence-electron chi connectivity index (χ2n) is 6.88. The van der Waals surface area contributed by atoms with Crippen LogP contribution >= 0.6 is 0 Å². The second kappa shape index (κ2) is 5.45. The van der Waals surface area contributed by atoms with Gasteiger partial charge in [-0.1, -0.05) is 0 Å². The quantitative estimate of drug-likeness (QED) is 0.785. The van der Waals surface area contributed by atoms with Crippen LogP contribution in [0.25, 0.3) is 0 Å². The number of methoxy groups -OCH3 is 3. The van der Waals surface area contributed by atoms with Crippen LogP contribution in [0, 0.1) is 0 Å². The molecule has 0 saturated carbocycles. The van der Waals surface area contributed by atoms with E-state index in [1.807, 2.05) is 12.1 Å². The van der Waals surface area contributed by atoms with Crippen molar-refractivity contribution in [2.75, 3.05) is 21.3 Å². The summed E-state index contributed by atoms with van der Waals surface area (Å²) in [5.41, 5.74) is 4.47. The number of benzene rings is 1. The molecule has 134 valence electrons. The van der Waals surface area contributed by atoms with Gasteiger partial charge in [0, 0.05) is 24.7 Å². The monoisotopic (exact) mass is 346 g/mol. The maximum absolute atomic E-state index is 6.39. The van der Waals surface area contributed by atoms with Crippen molar-refractivity contribution in [2.45, 2.75) is 50.2 Å². The molecule has 6 atom stereocenters. The highest BCUT2D eigenvalue weighted by molar-refractivity contribution is 5.63. The van der Waals surface area contributed by atoms with E-state index in [2.05, 4.69) is 6.92 Å². The molecule has 4 aliphatic heterocycles. The Morgan fingerprint density at radius 2 is 1.52 bits per heavy atom. The first-order chi connectivity index (χ1) is 12.2. The summed E-state index contributed by atoms with van der Waals surface area (Å²) >= 11 is 0. The average molecular weight is 346 g/mol. The lowest BCUT2D eigenvalue weighted by molar-refractivity contribution is -0.115. The van der Waals surface area contributed by atoms with Crippen molar-refractivity contribution in [1.82, 2.24) is 0 Å². The molecule has 2 unspecified atom stereocenters.